The molecule has 2 amide bonds. The number of rotatable bonds is 13. The van der Waals surface area contributed by atoms with E-state index in [2.05, 4.69) is 10.6 Å². The summed E-state index contributed by atoms with van der Waals surface area (Å²) in [7, 11) is 0. The van der Waals surface area contributed by atoms with Crippen molar-refractivity contribution >= 4 is 11.8 Å². The van der Waals surface area contributed by atoms with Crippen LogP contribution in [0.5, 0.6) is 0 Å². The third kappa shape index (κ3) is 20.8. The fourth-order valence-electron chi connectivity index (χ4n) is 1.20. The molecule has 8 nitrogen and oxygen atoms in total. The minimum Gasteiger partial charge on any atom is -0.387 e. The van der Waals surface area contributed by atoms with Crippen LogP contribution in [0.25, 0.3) is 0 Å². The topological polar surface area (TPSA) is 106 Å². The molecule has 0 fully saturated rings. The third-order valence-electron chi connectivity index (χ3n) is 2.20. The molecule has 0 atom stereocenters. The molecule has 0 aromatic rings. The first-order chi connectivity index (χ1) is 11.1. The number of hydrogen-bond acceptors (Lipinski definition) is 6. The molecule has 0 aromatic carbocycles. The van der Waals surface area contributed by atoms with E-state index in [1.165, 1.54) is 0 Å². The maximum Gasteiger partial charge on any atom is 0.246 e. The van der Waals surface area contributed by atoms with E-state index in [9.17, 15) is 9.59 Å². The van der Waals surface area contributed by atoms with Crippen molar-refractivity contribution in [2.75, 3.05) is 52.7 Å². The van der Waals surface area contributed by atoms with Gasteiger partial charge in [0.25, 0.3) is 0 Å². The third-order valence-corrected chi connectivity index (χ3v) is 2.20. The first kappa shape index (κ1) is 24.0. The first-order valence-electron chi connectivity index (χ1n) is 7.97. The lowest BCUT2D eigenvalue weighted by Crippen LogP contribution is -2.32. The highest BCUT2D eigenvalue weighted by Crippen LogP contribution is 1.86. The molecule has 0 spiro atoms. The molecule has 0 rings (SSSR count). The lowest BCUT2D eigenvalue weighted by atomic mass is 10.5. The normalized spacial score (nSPS) is 10.0. The first-order valence-corrected chi connectivity index (χ1v) is 7.97. The van der Waals surface area contributed by atoms with E-state index in [4.69, 9.17) is 19.3 Å². The highest BCUT2D eigenvalue weighted by Gasteiger charge is 2.02. The molecule has 0 radical (unpaired) electrons. The summed E-state index contributed by atoms with van der Waals surface area (Å²) >= 11 is 0. The van der Waals surface area contributed by atoms with Crippen molar-refractivity contribution in [1.29, 1.82) is 0 Å². The van der Waals surface area contributed by atoms with Crippen LogP contribution < -0.4 is 10.6 Å². The van der Waals surface area contributed by atoms with Crippen LogP contribution in [-0.2, 0) is 23.8 Å². The van der Waals surface area contributed by atoms with Gasteiger partial charge in [-0.1, -0.05) is 13.8 Å². The van der Waals surface area contributed by atoms with Crippen molar-refractivity contribution in [2.45, 2.75) is 33.8 Å². The Bertz CT molecular complexity index is 287. The fourth-order valence-corrected chi connectivity index (χ4v) is 1.20. The standard InChI is InChI=1S/C13H26N2O6.C2H6/c1-11(2)21-10-13(18)15-4-6-20-8-7-19-5-3-14-12(17)9-16;1-2/h11,16H,3-10H2,1-2H3,(H,14,17)(H,15,18);1-2H3. The van der Waals surface area contributed by atoms with E-state index in [0.29, 0.717) is 39.5 Å². The van der Waals surface area contributed by atoms with E-state index >= 15 is 0 Å². The predicted molar refractivity (Wildman–Crippen MR) is 87.2 cm³/mol. The largest absolute Gasteiger partial charge is 0.387 e. The van der Waals surface area contributed by atoms with E-state index in [1.807, 2.05) is 27.7 Å². The van der Waals surface area contributed by atoms with Crippen LogP contribution in [0.4, 0.5) is 0 Å². The Hall–Kier alpha value is -1.22. The average Bonchev–Trinajstić information content (AvgIpc) is 2.56. The van der Waals surface area contributed by atoms with Crippen LogP contribution in [-0.4, -0.2) is 75.8 Å². The molecule has 0 heterocycles. The molecule has 0 saturated heterocycles. The summed E-state index contributed by atoms with van der Waals surface area (Å²) in [5.74, 6) is -0.588. The Labute approximate surface area is 138 Å². The van der Waals surface area contributed by atoms with Gasteiger partial charge in [0.1, 0.15) is 13.2 Å². The number of aliphatic hydroxyl groups excluding tert-OH is 1. The summed E-state index contributed by atoms with van der Waals surface area (Å²) in [4.78, 5) is 21.9. The van der Waals surface area contributed by atoms with Gasteiger partial charge in [0.05, 0.1) is 32.5 Å². The molecular weight excluding hydrogens is 304 g/mol. The molecule has 3 N–H and O–H groups in total. The summed E-state index contributed by atoms with van der Waals surface area (Å²) in [6.07, 6.45) is 0.0336. The van der Waals surface area contributed by atoms with Gasteiger partial charge < -0.3 is 30.0 Å². The molecule has 138 valence electrons. The van der Waals surface area contributed by atoms with Crippen LogP contribution >= 0.6 is 0 Å². The van der Waals surface area contributed by atoms with Gasteiger partial charge in [-0.15, -0.1) is 0 Å². The lowest BCUT2D eigenvalue weighted by molar-refractivity contribution is -0.127. The summed E-state index contributed by atoms with van der Waals surface area (Å²) < 4.78 is 15.6. The number of amides is 2. The quantitative estimate of drug-likeness (QED) is 0.399. The Morgan fingerprint density at radius 1 is 0.913 bits per heavy atom. The van der Waals surface area contributed by atoms with Gasteiger partial charge in [-0.2, -0.15) is 0 Å². The molecule has 0 aromatic heterocycles. The summed E-state index contributed by atoms with van der Waals surface area (Å²) in [6, 6.07) is 0. The van der Waals surface area contributed by atoms with Crippen molar-refractivity contribution in [1.82, 2.24) is 10.6 Å². The van der Waals surface area contributed by atoms with Crippen LogP contribution in [0.1, 0.15) is 27.7 Å². The smallest absolute Gasteiger partial charge is 0.246 e. The summed E-state index contributed by atoms with van der Waals surface area (Å²) in [6.45, 7) is 9.62. The molecule has 23 heavy (non-hydrogen) atoms. The van der Waals surface area contributed by atoms with Gasteiger partial charge in [-0.25, -0.2) is 0 Å². The zero-order chi connectivity index (χ0) is 17.9. The molecule has 8 heteroatoms. The zero-order valence-corrected chi connectivity index (χ0v) is 14.7. The maximum absolute atomic E-state index is 11.3. The van der Waals surface area contributed by atoms with Gasteiger partial charge in [-0.3, -0.25) is 9.59 Å². The lowest BCUT2D eigenvalue weighted by Gasteiger charge is -2.09. The fraction of sp³-hybridized carbons (Fsp3) is 0.867. The number of carbonyl (C=O) groups excluding carboxylic acids is 2. The number of nitrogens with one attached hydrogen (secondary N) is 2. The SMILES string of the molecule is CC.CC(C)OCC(=O)NCCOCCOCCNC(=O)CO. The molecule has 0 aliphatic carbocycles. The maximum atomic E-state index is 11.3. The van der Waals surface area contributed by atoms with Crippen LogP contribution in [0.15, 0.2) is 0 Å². The predicted octanol–water partition coefficient (Wildman–Crippen LogP) is -0.304. The summed E-state index contributed by atoms with van der Waals surface area (Å²) in [5.41, 5.74) is 0. The Morgan fingerprint density at radius 3 is 1.83 bits per heavy atom. The van der Waals surface area contributed by atoms with Crippen LogP contribution in [0.2, 0.25) is 0 Å². The van der Waals surface area contributed by atoms with Gasteiger partial charge in [-0.05, 0) is 13.8 Å². The summed E-state index contributed by atoms with van der Waals surface area (Å²) in [5, 5.41) is 13.6. The van der Waals surface area contributed by atoms with Gasteiger partial charge >= 0.3 is 0 Å². The Balaban J connectivity index is 0. The second-order valence-corrected chi connectivity index (χ2v) is 4.44. The Kier molecular flexibility index (Phi) is 19.7. The van der Waals surface area contributed by atoms with Crippen LogP contribution in [0.3, 0.4) is 0 Å². The highest BCUT2D eigenvalue weighted by molar-refractivity contribution is 5.77. The van der Waals surface area contributed by atoms with Crippen LogP contribution in [0, 0.1) is 0 Å². The van der Waals surface area contributed by atoms with Crippen molar-refractivity contribution in [3.05, 3.63) is 0 Å². The number of ether oxygens (including phenoxy) is 3. The minimum atomic E-state index is -0.517. The van der Waals surface area contributed by atoms with E-state index in [-0.39, 0.29) is 18.6 Å². The van der Waals surface area contributed by atoms with Gasteiger partial charge in [0.2, 0.25) is 11.8 Å². The average molecular weight is 336 g/mol. The van der Waals surface area contributed by atoms with E-state index in [1.54, 1.807) is 0 Å². The van der Waals surface area contributed by atoms with E-state index < -0.39 is 12.5 Å². The van der Waals surface area contributed by atoms with E-state index in [0.717, 1.165) is 0 Å². The highest BCUT2D eigenvalue weighted by atomic mass is 16.5. The molecule has 0 saturated carbocycles. The molecule has 0 aliphatic heterocycles. The van der Waals surface area contributed by atoms with Crippen molar-refractivity contribution in [3.8, 4) is 0 Å². The van der Waals surface area contributed by atoms with Crippen molar-refractivity contribution < 1.29 is 28.9 Å². The number of hydrogen-bond donors (Lipinski definition) is 3. The molecule has 0 aliphatic rings. The van der Waals surface area contributed by atoms with Crippen molar-refractivity contribution in [2.24, 2.45) is 0 Å². The second kappa shape index (κ2) is 18.8. The van der Waals surface area contributed by atoms with Gasteiger partial charge in [0.15, 0.2) is 0 Å². The monoisotopic (exact) mass is 336 g/mol. The molecule has 0 bridgehead atoms. The Morgan fingerprint density at radius 2 is 1.39 bits per heavy atom. The molecular formula is C15H32N2O6. The van der Waals surface area contributed by atoms with Gasteiger partial charge in [0, 0.05) is 13.1 Å². The number of aliphatic hydroxyl groups is 1. The zero-order valence-electron chi connectivity index (χ0n) is 14.7. The van der Waals surface area contributed by atoms with Crippen molar-refractivity contribution in [3.63, 3.8) is 0 Å². The molecule has 0 unspecified atom stereocenters. The second-order valence-electron chi connectivity index (χ2n) is 4.44. The number of carbonyl (C=O) groups is 2. The minimum absolute atomic E-state index is 0.0336.